The second-order valence-electron chi connectivity index (χ2n) is 10.6. The highest BCUT2D eigenvalue weighted by molar-refractivity contribution is 7.53. The summed E-state index contributed by atoms with van der Waals surface area (Å²) in [5.74, 6) is 0.323. The van der Waals surface area contributed by atoms with Gasteiger partial charge in [0.1, 0.15) is 11.0 Å². The summed E-state index contributed by atoms with van der Waals surface area (Å²) in [6, 6.07) is 7.76. The van der Waals surface area contributed by atoms with E-state index in [1.807, 2.05) is 24.3 Å². The van der Waals surface area contributed by atoms with E-state index in [2.05, 4.69) is 51.8 Å². The Labute approximate surface area is 192 Å². The van der Waals surface area contributed by atoms with Gasteiger partial charge in [-0.25, -0.2) is 0 Å². The van der Waals surface area contributed by atoms with Gasteiger partial charge in [-0.15, -0.1) is 0 Å². The number of nitrogens with zero attached hydrogens (tertiary/aromatic N) is 1. The summed E-state index contributed by atoms with van der Waals surface area (Å²) in [7, 11) is -4.32. The lowest BCUT2D eigenvalue weighted by Crippen LogP contribution is -2.43. The molecule has 6 nitrogen and oxygen atoms in total. The SMILES string of the molecule is CCC(CC)(NCc1ccnc(-c2cc(C(C)(C)C)c(O)c(C(C)(C)C)c2)c1)P(=O)(O)O. The van der Waals surface area contributed by atoms with Crippen molar-refractivity contribution in [1.29, 1.82) is 0 Å². The number of benzene rings is 1. The molecule has 32 heavy (non-hydrogen) atoms. The maximum absolute atomic E-state index is 12.1. The third-order valence-corrected chi connectivity index (χ3v) is 8.10. The van der Waals surface area contributed by atoms with Crippen molar-refractivity contribution in [1.82, 2.24) is 10.3 Å². The summed E-state index contributed by atoms with van der Waals surface area (Å²) in [6.07, 6.45) is 2.37. The zero-order valence-electron chi connectivity index (χ0n) is 20.7. The number of pyridine rings is 1. The summed E-state index contributed by atoms with van der Waals surface area (Å²) >= 11 is 0. The second-order valence-corrected chi connectivity index (χ2v) is 12.5. The van der Waals surface area contributed by atoms with Gasteiger partial charge < -0.3 is 14.9 Å². The predicted molar refractivity (Wildman–Crippen MR) is 131 cm³/mol. The highest BCUT2D eigenvalue weighted by Crippen LogP contribution is 2.52. The van der Waals surface area contributed by atoms with Gasteiger partial charge >= 0.3 is 7.60 Å². The van der Waals surface area contributed by atoms with Crippen molar-refractivity contribution in [2.75, 3.05) is 0 Å². The van der Waals surface area contributed by atoms with Crippen LogP contribution in [0.4, 0.5) is 0 Å². The standard InChI is InChI=1S/C25H39N2O4P/c1-9-25(10-2,32(29,30)31)27-16-17-11-12-26-21(13-17)18-14-19(23(3,4)5)22(28)20(15-18)24(6,7)8/h11-15,27-28H,9-10,16H2,1-8H3,(H2,29,30,31). The van der Waals surface area contributed by atoms with E-state index in [4.69, 9.17) is 0 Å². The van der Waals surface area contributed by atoms with Crippen molar-refractivity contribution in [2.45, 2.75) is 90.9 Å². The first kappa shape index (κ1) is 26.5. The largest absolute Gasteiger partial charge is 0.507 e. The number of hydrogen-bond acceptors (Lipinski definition) is 4. The van der Waals surface area contributed by atoms with Gasteiger partial charge in [0.05, 0.1) is 5.69 Å². The molecule has 0 aliphatic rings. The molecule has 4 N–H and O–H groups in total. The van der Waals surface area contributed by atoms with Crippen LogP contribution in [-0.2, 0) is 21.9 Å². The smallest absolute Gasteiger partial charge is 0.345 e. The monoisotopic (exact) mass is 462 g/mol. The average Bonchev–Trinajstić information content (AvgIpc) is 2.66. The van der Waals surface area contributed by atoms with Crippen molar-refractivity contribution < 1.29 is 19.5 Å². The Morgan fingerprint density at radius 2 is 1.44 bits per heavy atom. The van der Waals surface area contributed by atoms with E-state index in [1.165, 1.54) is 0 Å². The van der Waals surface area contributed by atoms with Crippen LogP contribution < -0.4 is 5.32 Å². The molecule has 0 amide bonds. The minimum Gasteiger partial charge on any atom is -0.507 e. The maximum atomic E-state index is 12.1. The van der Waals surface area contributed by atoms with Crippen LogP contribution in [0.5, 0.6) is 5.75 Å². The highest BCUT2D eigenvalue weighted by atomic mass is 31.2. The van der Waals surface area contributed by atoms with Crippen molar-refractivity contribution in [3.63, 3.8) is 0 Å². The van der Waals surface area contributed by atoms with Gasteiger partial charge in [-0.3, -0.25) is 14.9 Å². The van der Waals surface area contributed by atoms with Gasteiger partial charge in [0.15, 0.2) is 0 Å². The lowest BCUT2D eigenvalue weighted by Gasteiger charge is -2.33. The number of hydrogen-bond donors (Lipinski definition) is 4. The number of rotatable bonds is 7. The van der Waals surface area contributed by atoms with Gasteiger partial charge in [0.25, 0.3) is 0 Å². The minimum absolute atomic E-state index is 0.246. The molecule has 2 rings (SSSR count). The lowest BCUT2D eigenvalue weighted by atomic mass is 9.78. The van der Waals surface area contributed by atoms with Gasteiger partial charge in [-0.1, -0.05) is 55.4 Å². The Balaban J connectivity index is 2.51. The minimum atomic E-state index is -4.32. The molecule has 2 aromatic rings. The van der Waals surface area contributed by atoms with Crippen LogP contribution in [0.3, 0.4) is 0 Å². The van der Waals surface area contributed by atoms with Crippen LogP contribution in [0.15, 0.2) is 30.5 Å². The second kappa shape index (κ2) is 9.26. The van der Waals surface area contributed by atoms with E-state index in [9.17, 15) is 19.5 Å². The molecular weight excluding hydrogens is 423 g/mol. The van der Waals surface area contributed by atoms with Crippen molar-refractivity contribution in [2.24, 2.45) is 0 Å². The number of phenolic OH excluding ortho intramolecular Hbond substituents is 1. The lowest BCUT2D eigenvalue weighted by molar-refractivity contribution is 0.283. The molecule has 0 fully saturated rings. The predicted octanol–water partition coefficient (Wildman–Crippen LogP) is 5.83. The van der Waals surface area contributed by atoms with Gasteiger partial charge in [0.2, 0.25) is 0 Å². The van der Waals surface area contributed by atoms with E-state index >= 15 is 0 Å². The first-order chi connectivity index (χ1) is 14.6. The molecule has 0 saturated carbocycles. The average molecular weight is 463 g/mol. The topological polar surface area (TPSA) is 103 Å². The van der Waals surface area contributed by atoms with Crippen LogP contribution in [-0.4, -0.2) is 25.2 Å². The molecule has 178 valence electrons. The molecule has 0 aliphatic carbocycles. The van der Waals surface area contributed by atoms with Crippen molar-refractivity contribution >= 4 is 7.60 Å². The summed E-state index contributed by atoms with van der Waals surface area (Å²) in [4.78, 5) is 24.3. The fourth-order valence-corrected chi connectivity index (χ4v) is 5.06. The normalized spacial score (nSPS) is 13.4. The van der Waals surface area contributed by atoms with Crippen molar-refractivity contribution in [3.8, 4) is 17.0 Å². The molecule has 0 spiro atoms. The zero-order valence-corrected chi connectivity index (χ0v) is 21.5. The van der Waals surface area contributed by atoms with E-state index in [-0.39, 0.29) is 10.8 Å². The van der Waals surface area contributed by atoms with Gasteiger partial charge in [-0.2, -0.15) is 0 Å². The Hall–Kier alpha value is -1.72. The Kier molecular flexibility index (Phi) is 7.68. The van der Waals surface area contributed by atoms with Crippen LogP contribution in [0.2, 0.25) is 0 Å². The molecule has 0 saturated heterocycles. The molecule has 0 atom stereocenters. The van der Waals surface area contributed by atoms with Crippen LogP contribution in [0.25, 0.3) is 11.3 Å². The van der Waals surface area contributed by atoms with Crippen LogP contribution in [0, 0.1) is 0 Å². The fourth-order valence-electron chi connectivity index (χ4n) is 3.95. The van der Waals surface area contributed by atoms with Crippen LogP contribution in [0.1, 0.15) is 84.9 Å². The Morgan fingerprint density at radius 3 is 1.84 bits per heavy atom. The Bertz CT molecular complexity index is 961. The number of nitrogens with one attached hydrogen (secondary N) is 1. The quantitative estimate of drug-likeness (QED) is 0.386. The summed E-state index contributed by atoms with van der Waals surface area (Å²) in [5.41, 5.74) is 3.79. The third-order valence-electron chi connectivity index (χ3n) is 6.19. The Morgan fingerprint density at radius 1 is 0.938 bits per heavy atom. The first-order valence-corrected chi connectivity index (χ1v) is 12.8. The molecular formula is C25H39N2O4P. The van der Waals surface area contributed by atoms with Gasteiger partial charge in [0, 0.05) is 29.4 Å². The number of phenols is 1. The molecule has 0 unspecified atom stereocenters. The van der Waals surface area contributed by atoms with Gasteiger partial charge in [-0.05, 0) is 53.5 Å². The molecule has 1 aromatic heterocycles. The van der Waals surface area contributed by atoms with E-state index < -0.39 is 12.9 Å². The van der Waals surface area contributed by atoms with E-state index in [1.54, 1.807) is 20.0 Å². The number of aromatic nitrogens is 1. The fraction of sp³-hybridized carbons (Fsp3) is 0.560. The first-order valence-electron chi connectivity index (χ1n) is 11.2. The molecule has 7 heteroatoms. The van der Waals surface area contributed by atoms with Crippen molar-refractivity contribution in [3.05, 3.63) is 47.2 Å². The molecule has 0 radical (unpaired) electrons. The van der Waals surface area contributed by atoms with E-state index in [0.717, 1.165) is 27.9 Å². The molecule has 0 bridgehead atoms. The molecule has 1 aromatic carbocycles. The number of aromatic hydroxyl groups is 1. The van der Waals surface area contributed by atoms with Crippen LogP contribution >= 0.6 is 7.60 Å². The summed E-state index contributed by atoms with van der Waals surface area (Å²) in [6.45, 7) is 16.3. The van der Waals surface area contributed by atoms with E-state index in [0.29, 0.717) is 25.1 Å². The highest BCUT2D eigenvalue weighted by Gasteiger charge is 2.43. The molecule has 1 heterocycles. The summed E-state index contributed by atoms with van der Waals surface area (Å²) in [5, 5.41) is 12.9. The third kappa shape index (κ3) is 5.60. The zero-order chi connectivity index (χ0) is 24.5. The molecule has 0 aliphatic heterocycles. The summed E-state index contributed by atoms with van der Waals surface area (Å²) < 4.78 is 12.1. The maximum Gasteiger partial charge on any atom is 0.345 e.